The summed E-state index contributed by atoms with van der Waals surface area (Å²) in [5.41, 5.74) is 11.6. The summed E-state index contributed by atoms with van der Waals surface area (Å²) in [4.78, 5) is 9.24. The Morgan fingerprint density at radius 2 is 1.47 bits per heavy atom. The zero-order valence-corrected chi connectivity index (χ0v) is 30.4. The molecule has 47 heavy (non-hydrogen) atoms. The average molecular weight is 799 g/mol. The summed E-state index contributed by atoms with van der Waals surface area (Å²) in [5, 5.41) is 2.26. The largest absolute Gasteiger partial charge is 0.509 e. The molecular formula is C41H39N4OPt-3. The van der Waals surface area contributed by atoms with Crippen molar-refractivity contribution in [2.45, 2.75) is 60.8 Å². The standard InChI is InChI=1S/C41H39N4O.Pt/c1-26-16-19-37(28(3)27(26)2)44-25-43(29(4)30(44)5)32-12-11-13-33(23-32)46-34-17-18-36-35-14-9-10-15-38(35)45(39(36)24-34)40-22-31(20-21-42-40)41(6,7)8;/h9-22,25H,1-8H3;/q-3;. The van der Waals surface area contributed by atoms with E-state index in [1.54, 1.807) is 0 Å². The molecule has 0 bridgehead atoms. The number of aromatic nitrogens is 2. The van der Waals surface area contributed by atoms with Crippen molar-refractivity contribution in [3.8, 4) is 17.3 Å². The van der Waals surface area contributed by atoms with Crippen molar-refractivity contribution < 1.29 is 25.8 Å². The van der Waals surface area contributed by atoms with Crippen molar-refractivity contribution in [2.75, 3.05) is 9.80 Å². The zero-order chi connectivity index (χ0) is 32.3. The van der Waals surface area contributed by atoms with Gasteiger partial charge in [-0.3, -0.25) is 0 Å². The van der Waals surface area contributed by atoms with Gasteiger partial charge in [0.2, 0.25) is 0 Å². The van der Waals surface area contributed by atoms with Gasteiger partial charge in [0.25, 0.3) is 0 Å². The molecular weight excluding hydrogens is 760 g/mol. The number of allylic oxidation sites excluding steroid dienone is 2. The molecule has 6 aromatic rings. The van der Waals surface area contributed by atoms with E-state index in [0.717, 1.165) is 39.0 Å². The summed E-state index contributed by atoms with van der Waals surface area (Å²) in [7, 11) is 0. The van der Waals surface area contributed by atoms with Crippen LogP contribution in [0, 0.1) is 39.6 Å². The molecule has 242 valence electrons. The van der Waals surface area contributed by atoms with Crippen LogP contribution in [0.2, 0.25) is 0 Å². The van der Waals surface area contributed by atoms with Crippen LogP contribution in [0.5, 0.6) is 11.5 Å². The predicted octanol–water partition coefficient (Wildman–Crippen LogP) is 10.5. The molecule has 2 aromatic heterocycles. The Hall–Kier alpha value is -4.34. The predicted molar refractivity (Wildman–Crippen MR) is 190 cm³/mol. The Bertz CT molecular complexity index is 2170. The molecule has 0 N–H and O–H groups in total. The SMILES string of the molecule is CC1=C(C)N(c2ccc(C)c(C)c2C)[CH-]N1c1[c-]c(Oc2[c-]c3c(cc2)c2ccccc2n3-c2cc(C(C)(C)C)ccn2)ccc1.[Pt]. The number of hydrogen-bond acceptors (Lipinski definition) is 4. The molecule has 7 rings (SSSR count). The molecule has 0 amide bonds. The molecule has 0 unspecified atom stereocenters. The minimum atomic E-state index is 0. The van der Waals surface area contributed by atoms with Crippen molar-refractivity contribution >= 4 is 33.2 Å². The van der Waals surface area contributed by atoms with Gasteiger partial charge in [0.15, 0.2) is 0 Å². The third-order valence-electron chi connectivity index (χ3n) is 9.40. The first-order valence-electron chi connectivity index (χ1n) is 15.8. The summed E-state index contributed by atoms with van der Waals surface area (Å²) in [5.74, 6) is 2.12. The molecule has 0 spiro atoms. The molecule has 0 saturated heterocycles. The maximum atomic E-state index is 6.46. The minimum Gasteiger partial charge on any atom is -0.509 e. The quantitative estimate of drug-likeness (QED) is 0.163. The maximum Gasteiger partial charge on any atom is 0.135 e. The van der Waals surface area contributed by atoms with E-state index in [1.807, 2.05) is 24.4 Å². The molecule has 4 aromatic carbocycles. The van der Waals surface area contributed by atoms with Crippen LogP contribution in [-0.4, -0.2) is 9.55 Å². The molecule has 6 heteroatoms. The molecule has 5 nitrogen and oxygen atoms in total. The molecule has 0 atom stereocenters. The monoisotopic (exact) mass is 798 g/mol. The molecule has 0 radical (unpaired) electrons. The van der Waals surface area contributed by atoms with Crippen LogP contribution in [-0.2, 0) is 26.5 Å². The van der Waals surface area contributed by atoms with Gasteiger partial charge >= 0.3 is 0 Å². The molecule has 1 aliphatic rings. The summed E-state index contributed by atoms with van der Waals surface area (Å²) in [6.07, 6.45) is 1.90. The number of pyridine rings is 1. The van der Waals surface area contributed by atoms with Crippen LogP contribution in [0.4, 0.5) is 11.4 Å². The number of nitrogens with zero attached hydrogens (tertiary/aromatic N) is 4. The smallest absolute Gasteiger partial charge is 0.135 e. The van der Waals surface area contributed by atoms with Crippen molar-refractivity contribution in [1.29, 1.82) is 0 Å². The Morgan fingerprint density at radius 3 is 2.26 bits per heavy atom. The number of anilines is 2. The Labute approximate surface area is 292 Å². The molecule has 0 aliphatic carbocycles. The Kier molecular flexibility index (Phi) is 8.57. The van der Waals surface area contributed by atoms with Gasteiger partial charge in [0.1, 0.15) is 5.82 Å². The van der Waals surface area contributed by atoms with Crippen LogP contribution in [0.1, 0.15) is 56.9 Å². The van der Waals surface area contributed by atoms with Crippen LogP contribution < -0.4 is 14.5 Å². The van der Waals surface area contributed by atoms with E-state index in [1.165, 1.54) is 33.6 Å². The van der Waals surface area contributed by atoms with Gasteiger partial charge < -0.3 is 19.1 Å². The summed E-state index contributed by atoms with van der Waals surface area (Å²) in [6, 6.07) is 34.3. The molecule has 3 heterocycles. The maximum absolute atomic E-state index is 6.46. The normalized spacial score (nSPS) is 13.5. The molecule has 1 aliphatic heterocycles. The number of ether oxygens (including phenoxy) is 1. The fourth-order valence-electron chi connectivity index (χ4n) is 6.26. The van der Waals surface area contributed by atoms with E-state index < -0.39 is 0 Å². The number of fused-ring (bicyclic) bond motifs is 3. The van der Waals surface area contributed by atoms with E-state index in [-0.39, 0.29) is 26.5 Å². The minimum absolute atomic E-state index is 0. The van der Waals surface area contributed by atoms with Crippen LogP contribution in [0.15, 0.2) is 96.5 Å². The van der Waals surface area contributed by atoms with E-state index in [0.29, 0.717) is 11.5 Å². The van der Waals surface area contributed by atoms with Crippen LogP contribution >= 0.6 is 0 Å². The Balaban J connectivity index is 0.00000386. The fourth-order valence-corrected chi connectivity index (χ4v) is 6.26. The van der Waals surface area contributed by atoms with Gasteiger partial charge in [0.05, 0.1) is 0 Å². The first-order chi connectivity index (χ1) is 22.0. The summed E-state index contributed by atoms with van der Waals surface area (Å²) < 4.78 is 8.64. The van der Waals surface area contributed by atoms with Gasteiger partial charge in [-0.1, -0.05) is 50.6 Å². The fraction of sp³-hybridized carbons (Fsp3) is 0.220. The summed E-state index contributed by atoms with van der Waals surface area (Å²) in [6.45, 7) is 19.7. The van der Waals surface area contributed by atoms with Gasteiger partial charge in [-0.2, -0.15) is 12.1 Å². The van der Waals surface area contributed by atoms with Crippen molar-refractivity contribution in [2.24, 2.45) is 0 Å². The average Bonchev–Trinajstić information content (AvgIpc) is 3.53. The van der Waals surface area contributed by atoms with Crippen LogP contribution in [0.25, 0.3) is 27.6 Å². The van der Waals surface area contributed by atoms with E-state index in [9.17, 15) is 0 Å². The van der Waals surface area contributed by atoms with Gasteiger partial charge in [-0.05, 0) is 91.9 Å². The van der Waals surface area contributed by atoms with Crippen molar-refractivity contribution in [3.63, 3.8) is 0 Å². The second-order valence-corrected chi connectivity index (χ2v) is 13.3. The van der Waals surface area contributed by atoms with Gasteiger partial charge in [-0.25, -0.2) is 4.98 Å². The summed E-state index contributed by atoms with van der Waals surface area (Å²) >= 11 is 0. The first-order valence-corrected chi connectivity index (χ1v) is 15.8. The van der Waals surface area contributed by atoms with E-state index in [2.05, 4.69) is 149 Å². The Morgan fingerprint density at radius 1 is 0.723 bits per heavy atom. The van der Waals surface area contributed by atoms with Crippen molar-refractivity contribution in [1.82, 2.24) is 9.55 Å². The second kappa shape index (κ2) is 12.4. The zero-order valence-electron chi connectivity index (χ0n) is 28.2. The number of benzene rings is 4. The van der Waals surface area contributed by atoms with Gasteiger partial charge in [-0.15, -0.1) is 48.1 Å². The van der Waals surface area contributed by atoms with Crippen molar-refractivity contribution in [3.05, 3.63) is 138 Å². The number of rotatable bonds is 5. The first kappa shape index (κ1) is 32.6. The molecule has 0 saturated carbocycles. The van der Waals surface area contributed by atoms with E-state index >= 15 is 0 Å². The second-order valence-electron chi connectivity index (χ2n) is 13.3. The number of para-hydroxylation sites is 1. The number of aryl methyl sites for hydroxylation is 1. The topological polar surface area (TPSA) is 33.5 Å². The third kappa shape index (κ3) is 5.76. The van der Waals surface area contributed by atoms with E-state index in [4.69, 9.17) is 9.72 Å². The number of hydrogen-bond donors (Lipinski definition) is 0. The van der Waals surface area contributed by atoms with Crippen LogP contribution in [0.3, 0.4) is 0 Å². The third-order valence-corrected chi connectivity index (χ3v) is 9.40. The van der Waals surface area contributed by atoms with Gasteiger partial charge in [0, 0.05) is 61.4 Å². The molecule has 0 fully saturated rings.